The summed E-state index contributed by atoms with van der Waals surface area (Å²) in [5, 5.41) is 9.00. The fraction of sp³-hybridized carbons (Fsp3) is 0.429. The summed E-state index contributed by atoms with van der Waals surface area (Å²) >= 11 is 0. The lowest BCUT2D eigenvalue weighted by Crippen LogP contribution is -2.34. The van der Waals surface area contributed by atoms with Gasteiger partial charge in [-0.2, -0.15) is 4.31 Å². The van der Waals surface area contributed by atoms with E-state index in [1.165, 1.54) is 16.4 Å². The Hall–Kier alpha value is -1.39. The Morgan fingerprint density at radius 3 is 2.70 bits per heavy atom. The maximum atomic E-state index is 12.5. The third-order valence-corrected chi connectivity index (χ3v) is 4.52. The first-order chi connectivity index (χ1) is 9.56. The van der Waals surface area contributed by atoms with E-state index >= 15 is 0 Å². The van der Waals surface area contributed by atoms with E-state index in [0.717, 1.165) is 0 Å². The van der Waals surface area contributed by atoms with Gasteiger partial charge < -0.3 is 10.8 Å². The quantitative estimate of drug-likeness (QED) is 0.744. The van der Waals surface area contributed by atoms with Gasteiger partial charge in [0.05, 0.1) is 18.0 Å². The molecule has 0 fully saturated rings. The number of hydrogen-bond acceptors (Lipinski definition) is 4. The lowest BCUT2D eigenvalue weighted by molar-refractivity contribution is 0.253. The molecule has 1 rings (SSSR count). The second-order valence-electron chi connectivity index (χ2n) is 4.16. The first-order valence-electron chi connectivity index (χ1n) is 6.46. The molecule has 0 radical (unpaired) electrons. The van der Waals surface area contributed by atoms with Crippen molar-refractivity contribution in [2.75, 3.05) is 26.2 Å². The molecule has 3 N–H and O–H groups in total. The van der Waals surface area contributed by atoms with Crippen molar-refractivity contribution in [3.63, 3.8) is 0 Å². The number of rotatable bonds is 6. The molecular weight excluding hydrogens is 276 g/mol. The topological polar surface area (TPSA) is 83.6 Å². The molecule has 0 saturated carbocycles. The molecule has 0 bridgehead atoms. The second-order valence-corrected chi connectivity index (χ2v) is 6.10. The van der Waals surface area contributed by atoms with Gasteiger partial charge in [-0.1, -0.05) is 24.8 Å². The van der Waals surface area contributed by atoms with Gasteiger partial charge in [-0.15, -0.1) is 0 Å². The Morgan fingerprint density at radius 2 is 2.10 bits per heavy atom. The smallest absolute Gasteiger partial charge is 0.243 e. The zero-order chi connectivity index (χ0) is 15.0. The molecule has 6 heteroatoms. The van der Waals surface area contributed by atoms with Gasteiger partial charge in [-0.05, 0) is 24.6 Å². The number of nitrogens with two attached hydrogens (primary N) is 1. The van der Waals surface area contributed by atoms with Gasteiger partial charge in [-0.25, -0.2) is 8.42 Å². The number of benzene rings is 1. The fourth-order valence-corrected chi connectivity index (χ4v) is 3.32. The van der Waals surface area contributed by atoms with Crippen LogP contribution in [0.25, 0.3) is 0 Å². The van der Waals surface area contributed by atoms with Crippen molar-refractivity contribution >= 4 is 10.0 Å². The van der Waals surface area contributed by atoms with Crippen molar-refractivity contribution in [3.8, 4) is 11.8 Å². The Kier molecular flexibility index (Phi) is 6.68. The summed E-state index contributed by atoms with van der Waals surface area (Å²) in [4.78, 5) is 0.184. The molecule has 0 atom stereocenters. The minimum atomic E-state index is -3.60. The van der Waals surface area contributed by atoms with Crippen molar-refractivity contribution < 1.29 is 13.5 Å². The Bertz CT molecular complexity index is 582. The molecule has 0 amide bonds. The number of sulfonamides is 1. The average Bonchev–Trinajstić information content (AvgIpc) is 2.45. The molecule has 0 saturated heterocycles. The molecule has 1 aromatic rings. The SMILES string of the molecule is CCCN(CCO)S(=O)(=O)c1cccc(C#CCN)c1. The normalized spacial score (nSPS) is 11.2. The fourth-order valence-electron chi connectivity index (χ4n) is 1.75. The minimum Gasteiger partial charge on any atom is -0.395 e. The molecule has 0 heterocycles. The van der Waals surface area contributed by atoms with Crippen LogP contribution in [0.2, 0.25) is 0 Å². The minimum absolute atomic E-state index is 0.0921. The van der Waals surface area contributed by atoms with Gasteiger partial charge in [0.15, 0.2) is 0 Å². The lowest BCUT2D eigenvalue weighted by atomic mass is 10.2. The third-order valence-electron chi connectivity index (χ3n) is 2.63. The highest BCUT2D eigenvalue weighted by molar-refractivity contribution is 7.89. The predicted octanol–water partition coefficient (Wildman–Crippen LogP) is 0.390. The summed E-state index contributed by atoms with van der Waals surface area (Å²) in [6.45, 7) is 2.38. The lowest BCUT2D eigenvalue weighted by Gasteiger charge is -2.20. The van der Waals surface area contributed by atoms with E-state index in [9.17, 15) is 8.42 Å². The van der Waals surface area contributed by atoms with Gasteiger partial charge in [0.25, 0.3) is 0 Å². The zero-order valence-corrected chi connectivity index (χ0v) is 12.4. The van der Waals surface area contributed by atoms with E-state index in [0.29, 0.717) is 18.5 Å². The van der Waals surface area contributed by atoms with Crippen molar-refractivity contribution in [2.24, 2.45) is 5.73 Å². The van der Waals surface area contributed by atoms with Crippen molar-refractivity contribution in [1.29, 1.82) is 0 Å². The summed E-state index contributed by atoms with van der Waals surface area (Å²) in [5.74, 6) is 5.50. The number of aliphatic hydroxyl groups is 1. The van der Waals surface area contributed by atoms with Crippen LogP contribution in [0.5, 0.6) is 0 Å². The maximum absolute atomic E-state index is 12.5. The van der Waals surface area contributed by atoms with Crippen LogP contribution in [0.4, 0.5) is 0 Å². The van der Waals surface area contributed by atoms with Gasteiger partial charge in [0, 0.05) is 18.7 Å². The van der Waals surface area contributed by atoms with E-state index in [4.69, 9.17) is 10.8 Å². The van der Waals surface area contributed by atoms with Crippen molar-refractivity contribution in [2.45, 2.75) is 18.2 Å². The van der Waals surface area contributed by atoms with Gasteiger partial charge in [-0.3, -0.25) is 0 Å². The summed E-state index contributed by atoms with van der Waals surface area (Å²) in [6.07, 6.45) is 0.686. The van der Waals surface area contributed by atoms with Gasteiger partial charge in [0.1, 0.15) is 0 Å². The molecule has 5 nitrogen and oxygen atoms in total. The first kappa shape index (κ1) is 16.7. The van der Waals surface area contributed by atoms with Crippen LogP contribution in [0.3, 0.4) is 0 Å². The monoisotopic (exact) mass is 296 g/mol. The highest BCUT2D eigenvalue weighted by atomic mass is 32.2. The molecule has 20 heavy (non-hydrogen) atoms. The van der Waals surface area contributed by atoms with E-state index in [2.05, 4.69) is 11.8 Å². The molecule has 0 aromatic heterocycles. The molecule has 0 aliphatic rings. The predicted molar refractivity (Wildman–Crippen MR) is 78.5 cm³/mol. The van der Waals surface area contributed by atoms with E-state index in [1.807, 2.05) is 6.92 Å². The summed E-state index contributed by atoms with van der Waals surface area (Å²) in [6, 6.07) is 6.44. The van der Waals surface area contributed by atoms with Crippen LogP contribution in [-0.4, -0.2) is 44.1 Å². The molecular formula is C14H20N2O3S. The summed E-state index contributed by atoms with van der Waals surface area (Å²) < 4.78 is 26.2. The van der Waals surface area contributed by atoms with Crippen LogP contribution < -0.4 is 5.73 Å². The molecule has 0 aliphatic carbocycles. The summed E-state index contributed by atoms with van der Waals surface area (Å²) in [7, 11) is -3.60. The van der Waals surface area contributed by atoms with Crippen molar-refractivity contribution in [3.05, 3.63) is 29.8 Å². The Labute approximate surface area is 120 Å². The maximum Gasteiger partial charge on any atom is 0.243 e. The largest absolute Gasteiger partial charge is 0.395 e. The highest BCUT2D eigenvalue weighted by Gasteiger charge is 2.23. The van der Waals surface area contributed by atoms with Gasteiger partial charge in [0.2, 0.25) is 10.0 Å². The highest BCUT2D eigenvalue weighted by Crippen LogP contribution is 2.17. The van der Waals surface area contributed by atoms with Crippen LogP contribution in [0.15, 0.2) is 29.2 Å². The van der Waals surface area contributed by atoms with E-state index < -0.39 is 10.0 Å². The Morgan fingerprint density at radius 1 is 1.35 bits per heavy atom. The van der Waals surface area contributed by atoms with Gasteiger partial charge >= 0.3 is 0 Å². The van der Waals surface area contributed by atoms with Crippen LogP contribution in [0.1, 0.15) is 18.9 Å². The standard InChI is InChI=1S/C14H20N2O3S/c1-2-9-16(10-11-17)20(18,19)14-7-3-5-13(12-14)6-4-8-15/h3,5,7,12,17H,2,8-11,15H2,1H3. The van der Waals surface area contributed by atoms with Crippen LogP contribution >= 0.6 is 0 Å². The molecule has 0 spiro atoms. The molecule has 1 aromatic carbocycles. The summed E-state index contributed by atoms with van der Waals surface area (Å²) in [5.41, 5.74) is 5.91. The number of hydrogen-bond donors (Lipinski definition) is 2. The number of aliphatic hydroxyl groups excluding tert-OH is 1. The zero-order valence-electron chi connectivity index (χ0n) is 11.5. The molecule has 110 valence electrons. The average molecular weight is 296 g/mol. The second kappa shape index (κ2) is 8.02. The molecule has 0 aliphatic heterocycles. The van der Waals surface area contributed by atoms with E-state index in [-0.39, 0.29) is 24.6 Å². The molecule has 0 unspecified atom stereocenters. The van der Waals surface area contributed by atoms with Crippen LogP contribution in [-0.2, 0) is 10.0 Å². The first-order valence-corrected chi connectivity index (χ1v) is 7.90. The Balaban J connectivity index is 3.13. The third kappa shape index (κ3) is 4.32. The van der Waals surface area contributed by atoms with Crippen LogP contribution in [0, 0.1) is 11.8 Å². The van der Waals surface area contributed by atoms with Crippen molar-refractivity contribution in [1.82, 2.24) is 4.31 Å². The van der Waals surface area contributed by atoms with E-state index in [1.54, 1.807) is 12.1 Å². The number of nitrogens with zero attached hydrogens (tertiary/aromatic N) is 1.